The van der Waals surface area contributed by atoms with Crippen LogP contribution in [0.15, 0.2) is 0 Å². The molecule has 2 aliphatic heterocycles. The van der Waals surface area contributed by atoms with Crippen molar-refractivity contribution in [3.63, 3.8) is 0 Å². The monoisotopic (exact) mass is 293 g/mol. The van der Waals surface area contributed by atoms with Crippen LogP contribution in [-0.4, -0.2) is 60.7 Å². The highest BCUT2D eigenvalue weighted by molar-refractivity contribution is 7.91. The summed E-state index contributed by atoms with van der Waals surface area (Å²) in [6, 6.07) is 0.152. The second kappa shape index (κ2) is 5.36. The Balaban J connectivity index is 1.95. The molecular formula is C12H20FNO4S. The van der Waals surface area contributed by atoms with Gasteiger partial charge in [-0.15, -0.1) is 0 Å². The van der Waals surface area contributed by atoms with Gasteiger partial charge in [0.05, 0.1) is 11.5 Å². The summed E-state index contributed by atoms with van der Waals surface area (Å²) >= 11 is 0. The van der Waals surface area contributed by atoms with Gasteiger partial charge in [0.25, 0.3) is 0 Å². The van der Waals surface area contributed by atoms with Crippen molar-refractivity contribution in [2.75, 3.05) is 24.6 Å². The molecule has 0 spiro atoms. The molecule has 5 nitrogen and oxygen atoms in total. The van der Waals surface area contributed by atoms with E-state index in [2.05, 4.69) is 4.90 Å². The van der Waals surface area contributed by atoms with Crippen LogP contribution in [0.25, 0.3) is 0 Å². The molecule has 2 aliphatic rings. The molecule has 0 saturated carbocycles. The molecule has 110 valence electrons. The van der Waals surface area contributed by atoms with Crippen molar-refractivity contribution in [2.24, 2.45) is 0 Å². The lowest BCUT2D eigenvalue weighted by molar-refractivity contribution is -0.151. The van der Waals surface area contributed by atoms with E-state index in [9.17, 15) is 17.6 Å². The van der Waals surface area contributed by atoms with Crippen LogP contribution in [0.2, 0.25) is 0 Å². The molecule has 0 aromatic heterocycles. The second-order valence-electron chi connectivity index (χ2n) is 5.54. The van der Waals surface area contributed by atoms with Gasteiger partial charge < -0.3 is 10.0 Å². The highest BCUT2D eigenvalue weighted by Gasteiger charge is 2.41. The number of hydrogen-bond acceptors (Lipinski definition) is 4. The molecule has 0 bridgehead atoms. The van der Waals surface area contributed by atoms with Gasteiger partial charge in [-0.25, -0.2) is 17.6 Å². The molecule has 7 heteroatoms. The number of likely N-dealkylation sites (tertiary alicyclic amines) is 1. The van der Waals surface area contributed by atoms with Crippen LogP contribution in [0.5, 0.6) is 0 Å². The van der Waals surface area contributed by atoms with Gasteiger partial charge in [-0.2, -0.15) is 0 Å². The van der Waals surface area contributed by atoms with E-state index in [1.807, 2.05) is 0 Å². The first kappa shape index (κ1) is 14.7. The van der Waals surface area contributed by atoms with E-state index < -0.39 is 21.5 Å². The van der Waals surface area contributed by atoms with Gasteiger partial charge in [-0.1, -0.05) is 0 Å². The third-order valence-electron chi connectivity index (χ3n) is 4.24. The van der Waals surface area contributed by atoms with Gasteiger partial charge in [-0.3, -0.25) is 0 Å². The Morgan fingerprint density at radius 3 is 2.42 bits per heavy atom. The lowest BCUT2D eigenvalue weighted by Crippen LogP contribution is -2.42. The molecule has 1 atom stereocenters. The number of nitrogens with zero attached hydrogens (tertiary/aromatic N) is 1. The Kier molecular flexibility index (Phi) is 4.15. The number of hydrogen-bond donors (Lipinski definition) is 1. The van der Waals surface area contributed by atoms with Crippen molar-refractivity contribution >= 4 is 15.8 Å². The third-order valence-corrected chi connectivity index (χ3v) is 5.95. The molecular weight excluding hydrogens is 273 g/mol. The zero-order valence-electron chi connectivity index (χ0n) is 10.8. The fourth-order valence-corrected chi connectivity index (χ4v) is 4.41. The van der Waals surface area contributed by atoms with Crippen LogP contribution in [0.1, 0.15) is 32.1 Å². The first-order valence-electron chi connectivity index (χ1n) is 6.69. The largest absolute Gasteiger partial charge is 0.479 e. The molecule has 1 unspecified atom stereocenters. The zero-order chi connectivity index (χ0) is 14.1. The summed E-state index contributed by atoms with van der Waals surface area (Å²) in [5, 5.41) is 8.91. The highest BCUT2D eigenvalue weighted by Crippen LogP contribution is 2.29. The molecule has 2 rings (SSSR count). The van der Waals surface area contributed by atoms with Crippen LogP contribution in [0, 0.1) is 0 Å². The lowest BCUT2D eigenvalue weighted by Gasteiger charge is -2.33. The number of alkyl halides is 1. The molecule has 2 fully saturated rings. The second-order valence-corrected chi connectivity index (χ2v) is 7.85. The van der Waals surface area contributed by atoms with Crippen molar-refractivity contribution in [3.05, 3.63) is 0 Å². The Morgan fingerprint density at radius 1 is 1.21 bits per heavy atom. The van der Waals surface area contributed by atoms with E-state index in [0.717, 1.165) is 0 Å². The molecule has 2 heterocycles. The zero-order valence-corrected chi connectivity index (χ0v) is 11.7. The number of carboxylic acids is 1. The van der Waals surface area contributed by atoms with Crippen molar-refractivity contribution in [1.29, 1.82) is 0 Å². The summed E-state index contributed by atoms with van der Waals surface area (Å²) in [6.07, 6.45) is 1.70. The SMILES string of the molecule is O=C(O)C1(F)CCCN(C2CCS(=O)(=O)CC2)CC1. The maximum absolute atomic E-state index is 14.1. The number of halogens is 1. The van der Waals surface area contributed by atoms with Crippen LogP contribution in [-0.2, 0) is 14.6 Å². The number of sulfone groups is 1. The van der Waals surface area contributed by atoms with Crippen LogP contribution in [0.3, 0.4) is 0 Å². The van der Waals surface area contributed by atoms with E-state index in [4.69, 9.17) is 5.11 Å². The maximum Gasteiger partial charge on any atom is 0.341 e. The van der Waals surface area contributed by atoms with Crippen molar-refractivity contribution in [1.82, 2.24) is 4.90 Å². The van der Waals surface area contributed by atoms with Crippen molar-refractivity contribution < 1.29 is 22.7 Å². The smallest absolute Gasteiger partial charge is 0.341 e. The first-order valence-corrected chi connectivity index (χ1v) is 8.51. The van der Waals surface area contributed by atoms with Crippen LogP contribution < -0.4 is 0 Å². The summed E-state index contributed by atoms with van der Waals surface area (Å²) in [5.41, 5.74) is -2.12. The molecule has 0 aromatic carbocycles. The molecule has 0 radical (unpaired) electrons. The van der Waals surface area contributed by atoms with E-state index in [1.165, 1.54) is 0 Å². The minimum Gasteiger partial charge on any atom is -0.479 e. The lowest BCUT2D eigenvalue weighted by atomic mass is 9.97. The van der Waals surface area contributed by atoms with Gasteiger partial charge in [0, 0.05) is 19.0 Å². The van der Waals surface area contributed by atoms with E-state index in [1.54, 1.807) is 0 Å². The molecule has 0 aliphatic carbocycles. The van der Waals surface area contributed by atoms with Gasteiger partial charge in [0.15, 0.2) is 0 Å². The Bertz CT molecular complexity index is 439. The highest BCUT2D eigenvalue weighted by atomic mass is 32.2. The van der Waals surface area contributed by atoms with Crippen LogP contribution in [0.4, 0.5) is 4.39 Å². The first-order chi connectivity index (χ1) is 8.82. The quantitative estimate of drug-likeness (QED) is 0.816. The molecule has 0 aromatic rings. The minimum atomic E-state index is -2.89. The molecule has 2 saturated heterocycles. The Hall–Kier alpha value is -0.690. The molecule has 19 heavy (non-hydrogen) atoms. The van der Waals surface area contributed by atoms with Crippen LogP contribution >= 0.6 is 0 Å². The average Bonchev–Trinajstić information content (AvgIpc) is 2.53. The van der Waals surface area contributed by atoms with Gasteiger partial charge >= 0.3 is 5.97 Å². The maximum atomic E-state index is 14.1. The molecule has 1 N–H and O–H groups in total. The predicted octanol–water partition coefficient (Wildman–Crippen LogP) is 0.842. The van der Waals surface area contributed by atoms with E-state index >= 15 is 0 Å². The topological polar surface area (TPSA) is 74.7 Å². The summed E-state index contributed by atoms with van der Waals surface area (Å²) < 4.78 is 36.9. The standard InChI is InChI=1S/C12H20FNO4S/c13-12(11(15)16)4-1-6-14(7-5-12)10-2-8-19(17,18)9-3-10/h10H,1-9H2,(H,15,16). The minimum absolute atomic E-state index is 0.00835. The van der Waals surface area contributed by atoms with Gasteiger partial charge in [0.1, 0.15) is 9.84 Å². The Labute approximate surface area is 112 Å². The summed E-state index contributed by atoms with van der Waals surface area (Å²) in [7, 11) is -2.89. The van der Waals surface area contributed by atoms with Crippen molar-refractivity contribution in [2.45, 2.75) is 43.8 Å². The molecule has 0 amide bonds. The predicted molar refractivity (Wildman–Crippen MR) is 68.6 cm³/mol. The number of carbonyl (C=O) groups is 1. The number of carboxylic acid groups (broad SMARTS) is 1. The normalized spacial score (nSPS) is 33.7. The third kappa shape index (κ3) is 3.45. The summed E-state index contributed by atoms with van der Waals surface area (Å²) in [4.78, 5) is 13.0. The van der Waals surface area contributed by atoms with Gasteiger partial charge in [-0.05, 0) is 32.2 Å². The fraction of sp³-hybridized carbons (Fsp3) is 0.917. The number of rotatable bonds is 2. The fourth-order valence-electron chi connectivity index (χ4n) is 2.94. The van der Waals surface area contributed by atoms with E-state index in [0.29, 0.717) is 32.4 Å². The summed E-state index contributed by atoms with van der Waals surface area (Å²) in [5.74, 6) is -0.998. The number of aliphatic carboxylic acids is 1. The van der Waals surface area contributed by atoms with E-state index in [-0.39, 0.29) is 30.4 Å². The summed E-state index contributed by atoms with van der Waals surface area (Å²) in [6.45, 7) is 1.05. The van der Waals surface area contributed by atoms with Crippen molar-refractivity contribution in [3.8, 4) is 0 Å². The Morgan fingerprint density at radius 2 is 1.84 bits per heavy atom. The average molecular weight is 293 g/mol. The van der Waals surface area contributed by atoms with Gasteiger partial charge in [0.2, 0.25) is 5.67 Å².